The number of amides is 6. The molecule has 99 heavy (non-hydrogen) atoms. The van der Waals surface area contributed by atoms with Crippen LogP contribution in [0.4, 0.5) is 9.59 Å². The second kappa shape index (κ2) is 34.4. The van der Waals surface area contributed by atoms with E-state index in [1.54, 1.807) is 109 Å². The minimum atomic E-state index is -0.689. The third kappa shape index (κ3) is 18.6. The van der Waals surface area contributed by atoms with Crippen LogP contribution in [0, 0.1) is 0 Å². The van der Waals surface area contributed by atoms with Crippen molar-refractivity contribution < 1.29 is 71.4 Å². The summed E-state index contributed by atoms with van der Waals surface area (Å²) in [5, 5.41) is 2.10. The predicted molar refractivity (Wildman–Crippen MR) is 373 cm³/mol. The Labute approximate surface area is 594 Å². The van der Waals surface area contributed by atoms with E-state index in [0.29, 0.717) is 65.9 Å². The SMILES string of the molecule is COc1ccc(C2=N[C@@H](c3ccc(Cl)cc3)[C@@H](c3ccc(Cl)cc3)N2C(=O)N2CCN(CC(=O)OCCOCCOCCOCCOC(=O)CN3CCN(C(=O)N4C(c5ccc(OC)cc5OC(C)C)=N[C@@H](c5ccc(Cl)cc5)[C@H]4c4ccc(Cl)cc4)CC3=O)C(=O)C2)c(OC(C)C)c1. The number of amidine groups is 2. The highest BCUT2D eigenvalue weighted by molar-refractivity contribution is 6.31. The van der Waals surface area contributed by atoms with E-state index in [1.807, 2.05) is 76.2 Å². The van der Waals surface area contributed by atoms with Crippen LogP contribution in [0.5, 0.6) is 23.0 Å². The number of nitrogens with zero attached hydrogens (tertiary/aromatic N) is 8. The molecule has 2 fully saturated rings. The third-order valence-corrected chi connectivity index (χ3v) is 17.5. The third-order valence-electron chi connectivity index (χ3n) is 16.5. The summed E-state index contributed by atoms with van der Waals surface area (Å²) in [7, 11) is 3.11. The maximum Gasteiger partial charge on any atom is 0.326 e. The molecule has 524 valence electrons. The van der Waals surface area contributed by atoms with Crippen molar-refractivity contribution in [1.29, 1.82) is 0 Å². The molecule has 6 aromatic rings. The molecule has 4 heterocycles. The summed E-state index contributed by atoms with van der Waals surface area (Å²) < 4.78 is 51.2. The van der Waals surface area contributed by atoms with Gasteiger partial charge in [-0.05, 0) is 123 Å². The number of ether oxygens (including phenoxy) is 9. The molecule has 0 N–H and O–H groups in total. The molecule has 27 heteroatoms. The van der Waals surface area contributed by atoms with E-state index < -0.39 is 60.0 Å². The summed E-state index contributed by atoms with van der Waals surface area (Å²) >= 11 is 25.4. The average Bonchev–Trinajstić information content (AvgIpc) is 1.61. The smallest absolute Gasteiger partial charge is 0.326 e. The van der Waals surface area contributed by atoms with Crippen LogP contribution in [-0.4, -0.2) is 209 Å². The van der Waals surface area contributed by atoms with Crippen molar-refractivity contribution in [3.05, 3.63) is 187 Å². The Morgan fingerprint density at radius 1 is 0.444 bits per heavy atom. The van der Waals surface area contributed by atoms with Crippen molar-refractivity contribution in [2.24, 2.45) is 9.98 Å². The summed E-state index contributed by atoms with van der Waals surface area (Å²) in [5.41, 5.74) is 4.16. The van der Waals surface area contributed by atoms with Crippen LogP contribution in [0.25, 0.3) is 0 Å². The fourth-order valence-electron chi connectivity index (χ4n) is 11.8. The van der Waals surface area contributed by atoms with Gasteiger partial charge in [0.1, 0.15) is 86.1 Å². The highest BCUT2D eigenvalue weighted by Gasteiger charge is 2.48. The van der Waals surface area contributed by atoms with Gasteiger partial charge in [0.25, 0.3) is 0 Å². The minimum Gasteiger partial charge on any atom is -0.497 e. The number of hydrogen-bond donors (Lipinski definition) is 0. The van der Waals surface area contributed by atoms with Crippen LogP contribution in [0.2, 0.25) is 20.1 Å². The molecule has 0 radical (unpaired) electrons. The van der Waals surface area contributed by atoms with E-state index in [0.717, 1.165) is 22.3 Å². The molecule has 6 amide bonds. The lowest BCUT2D eigenvalue weighted by molar-refractivity contribution is -0.152. The van der Waals surface area contributed by atoms with Gasteiger partial charge < -0.3 is 62.2 Å². The van der Waals surface area contributed by atoms with Crippen LogP contribution < -0.4 is 18.9 Å². The standard InChI is InChI=1S/C72H78Cl4N8O15/c1-45(2)98-59-39-55(91-5)23-25-57(59)69-77-65(47-7-15-51(73)16-8-47)67(49-11-19-53(75)20-12-49)83(69)71(89)81-29-27-79(61(85)41-81)43-63(87)96-37-35-94-33-31-93-32-34-95-36-38-97-64(88)44-80-28-30-82(42-62(80)86)72(90)84-68(50-13-21-54(76)22-14-50)66(48-9-17-52(74)18-10-48)78-70(84)58-26-24-56(92-6)40-60(58)99-46(3)4/h7-26,39-40,45-46,65-68H,27-38,41-44H2,1-6H3/t65-,66-,67+,68+/m0/s1. The molecule has 0 saturated carbocycles. The minimum absolute atomic E-state index is 0.0655. The number of carbonyl (C=O) groups is 6. The van der Waals surface area contributed by atoms with Gasteiger partial charge in [-0.3, -0.25) is 39.0 Å². The summed E-state index contributed by atoms with van der Waals surface area (Å²) in [6, 6.07) is 36.0. The van der Waals surface area contributed by atoms with Crippen LogP contribution in [0.1, 0.15) is 85.2 Å². The van der Waals surface area contributed by atoms with Gasteiger partial charge in [-0.25, -0.2) is 9.59 Å². The highest BCUT2D eigenvalue weighted by Crippen LogP contribution is 2.48. The van der Waals surface area contributed by atoms with E-state index in [9.17, 15) is 19.2 Å². The summed E-state index contributed by atoms with van der Waals surface area (Å²) in [4.78, 5) is 103. The van der Waals surface area contributed by atoms with Gasteiger partial charge in [0.05, 0.1) is 89.3 Å². The second-order valence-electron chi connectivity index (χ2n) is 24.0. The Morgan fingerprint density at radius 3 is 1.08 bits per heavy atom. The number of hydrogen-bond acceptors (Lipinski definition) is 17. The van der Waals surface area contributed by atoms with Gasteiger partial charge in [-0.15, -0.1) is 0 Å². The summed E-state index contributed by atoms with van der Waals surface area (Å²) in [6.45, 7) is 7.49. The molecule has 6 aromatic carbocycles. The summed E-state index contributed by atoms with van der Waals surface area (Å²) in [6.07, 6.45) is -0.475. The zero-order valence-corrected chi connectivity index (χ0v) is 58.7. The molecule has 0 aromatic heterocycles. The van der Waals surface area contributed by atoms with Crippen LogP contribution in [0.3, 0.4) is 0 Å². The van der Waals surface area contributed by atoms with Crippen LogP contribution in [0.15, 0.2) is 143 Å². The van der Waals surface area contributed by atoms with E-state index in [-0.39, 0.29) is 117 Å². The molecule has 0 unspecified atom stereocenters. The number of halogens is 4. The van der Waals surface area contributed by atoms with Crippen molar-refractivity contribution in [2.45, 2.75) is 64.1 Å². The number of methoxy groups -OCH3 is 2. The molecular weight excluding hydrogens is 1360 g/mol. The number of rotatable bonds is 28. The lowest BCUT2D eigenvalue weighted by Crippen LogP contribution is -2.57. The molecule has 10 rings (SSSR count). The molecule has 0 spiro atoms. The van der Waals surface area contributed by atoms with Crippen molar-refractivity contribution >= 4 is 93.9 Å². The highest BCUT2D eigenvalue weighted by atomic mass is 35.5. The van der Waals surface area contributed by atoms with Crippen molar-refractivity contribution in [3.63, 3.8) is 0 Å². The molecule has 0 bridgehead atoms. The second-order valence-corrected chi connectivity index (χ2v) is 25.8. The zero-order chi connectivity index (χ0) is 70.3. The number of benzene rings is 6. The van der Waals surface area contributed by atoms with Gasteiger partial charge in [0.15, 0.2) is 0 Å². The van der Waals surface area contributed by atoms with Crippen LogP contribution >= 0.6 is 46.4 Å². The lowest BCUT2D eigenvalue weighted by Gasteiger charge is -2.38. The van der Waals surface area contributed by atoms with E-state index in [4.69, 9.17) is 99.0 Å². The zero-order valence-electron chi connectivity index (χ0n) is 55.7. The fraction of sp³-hybridized carbons (Fsp3) is 0.389. The maximum absolute atomic E-state index is 15.1. The first-order valence-electron chi connectivity index (χ1n) is 32.4. The van der Waals surface area contributed by atoms with E-state index in [2.05, 4.69) is 0 Å². The van der Waals surface area contributed by atoms with Gasteiger partial charge in [-0.2, -0.15) is 0 Å². The summed E-state index contributed by atoms with van der Waals surface area (Å²) in [5.74, 6) is 0.480. The molecule has 4 atom stereocenters. The topological polar surface area (TPSA) is 230 Å². The van der Waals surface area contributed by atoms with E-state index >= 15 is 9.59 Å². The van der Waals surface area contributed by atoms with Crippen molar-refractivity contribution in [1.82, 2.24) is 29.4 Å². The first kappa shape index (κ1) is 73.0. The molecule has 4 aliphatic rings. The maximum atomic E-state index is 15.1. The number of piperazine rings is 2. The normalized spacial score (nSPS) is 17.9. The average molecular weight is 1440 g/mol. The van der Waals surface area contributed by atoms with Gasteiger partial charge in [-0.1, -0.05) is 94.9 Å². The quantitative estimate of drug-likeness (QED) is 0.0328. The first-order valence-corrected chi connectivity index (χ1v) is 33.9. The number of urea groups is 2. The number of carbonyl (C=O) groups excluding carboxylic acids is 6. The Balaban J connectivity index is 0.632. The Bertz CT molecular complexity index is 3640. The Hall–Kier alpha value is -8.68. The first-order chi connectivity index (χ1) is 47.8. The number of esters is 2. The van der Waals surface area contributed by atoms with Gasteiger partial charge in [0, 0.05) is 58.4 Å². The lowest BCUT2D eigenvalue weighted by atomic mass is 9.93. The molecule has 2 saturated heterocycles. The number of aliphatic imine (C=N–C) groups is 2. The van der Waals surface area contributed by atoms with Gasteiger partial charge in [0.2, 0.25) is 11.8 Å². The molecule has 0 aliphatic carbocycles. The van der Waals surface area contributed by atoms with Gasteiger partial charge >= 0.3 is 24.0 Å². The molecular formula is C72H78Cl4N8O15. The fourth-order valence-corrected chi connectivity index (χ4v) is 12.3. The molecule has 4 aliphatic heterocycles. The molecule has 23 nitrogen and oxygen atoms in total. The van der Waals surface area contributed by atoms with Crippen LogP contribution in [-0.2, 0) is 42.9 Å². The van der Waals surface area contributed by atoms with Crippen molar-refractivity contribution in [3.8, 4) is 23.0 Å². The predicted octanol–water partition coefficient (Wildman–Crippen LogP) is 11.3. The Morgan fingerprint density at radius 2 is 0.768 bits per heavy atom. The van der Waals surface area contributed by atoms with Crippen molar-refractivity contribution in [2.75, 3.05) is 119 Å². The monoisotopic (exact) mass is 1430 g/mol. The Kier molecular flexibility index (Phi) is 25.4. The largest absolute Gasteiger partial charge is 0.497 e. The van der Waals surface area contributed by atoms with E-state index in [1.165, 1.54) is 19.6 Å².